The average molecular weight is 237 g/mol. The highest BCUT2D eigenvalue weighted by Crippen LogP contribution is 2.17. The van der Waals surface area contributed by atoms with E-state index in [1.54, 1.807) is 6.92 Å². The van der Waals surface area contributed by atoms with E-state index in [1.807, 2.05) is 0 Å². The molecule has 0 aliphatic carbocycles. The number of sulfone groups is 1. The van der Waals surface area contributed by atoms with Crippen LogP contribution in [0.2, 0.25) is 0 Å². The van der Waals surface area contributed by atoms with Gasteiger partial charge in [0.15, 0.2) is 9.84 Å². The second-order valence-corrected chi connectivity index (χ2v) is 6.69. The van der Waals surface area contributed by atoms with Gasteiger partial charge in [0.2, 0.25) is 5.91 Å². The number of carbonyl (C=O) groups excluding carboxylic acids is 1. The van der Waals surface area contributed by atoms with Crippen molar-refractivity contribution in [3.8, 4) is 0 Å². The molecule has 0 saturated carbocycles. The zero-order chi connectivity index (χ0) is 10.8. The van der Waals surface area contributed by atoms with Gasteiger partial charge in [0.05, 0.1) is 16.8 Å². The van der Waals surface area contributed by atoms with Gasteiger partial charge < -0.3 is 5.32 Å². The number of amides is 1. The van der Waals surface area contributed by atoms with Crippen molar-refractivity contribution in [2.75, 3.05) is 18.1 Å². The van der Waals surface area contributed by atoms with Crippen LogP contribution in [0.3, 0.4) is 0 Å². The lowest BCUT2D eigenvalue weighted by atomic mass is 10.1. The molecule has 0 bridgehead atoms. The second kappa shape index (κ2) is 4.53. The molecule has 1 fully saturated rings. The predicted molar refractivity (Wildman–Crippen MR) is 58.2 cm³/mol. The van der Waals surface area contributed by atoms with Crippen LogP contribution in [0.4, 0.5) is 0 Å². The standard InChI is InChI=1S/C8H15NO3S2/c1-6(13)8(10)9-4-7-2-3-14(11,12)5-7/h6-7,13H,2-5H2,1H3,(H,9,10). The van der Waals surface area contributed by atoms with Crippen LogP contribution in [0, 0.1) is 5.92 Å². The van der Waals surface area contributed by atoms with Gasteiger partial charge >= 0.3 is 0 Å². The van der Waals surface area contributed by atoms with E-state index in [9.17, 15) is 13.2 Å². The van der Waals surface area contributed by atoms with Gasteiger partial charge in [-0.25, -0.2) is 8.42 Å². The highest BCUT2D eigenvalue weighted by molar-refractivity contribution is 7.91. The van der Waals surface area contributed by atoms with Crippen molar-refractivity contribution in [1.29, 1.82) is 0 Å². The fourth-order valence-corrected chi connectivity index (χ4v) is 3.38. The summed E-state index contributed by atoms with van der Waals surface area (Å²) in [5, 5.41) is 2.34. The first-order valence-corrected chi connectivity index (χ1v) is 6.91. The third-order valence-corrected chi connectivity index (χ3v) is 4.34. The van der Waals surface area contributed by atoms with Crippen LogP contribution < -0.4 is 5.32 Å². The van der Waals surface area contributed by atoms with Gasteiger partial charge in [-0.1, -0.05) is 0 Å². The van der Waals surface area contributed by atoms with Gasteiger partial charge in [-0.05, 0) is 19.3 Å². The third-order valence-electron chi connectivity index (χ3n) is 2.27. The molecule has 2 atom stereocenters. The Hall–Kier alpha value is -0.230. The van der Waals surface area contributed by atoms with Gasteiger partial charge in [-0.15, -0.1) is 0 Å². The summed E-state index contributed by atoms with van der Waals surface area (Å²) >= 11 is 3.97. The SMILES string of the molecule is CC(S)C(=O)NCC1CCS(=O)(=O)C1. The minimum atomic E-state index is -2.83. The lowest BCUT2D eigenvalue weighted by Gasteiger charge is -2.10. The van der Waals surface area contributed by atoms with E-state index in [4.69, 9.17) is 0 Å². The first kappa shape index (κ1) is 11.8. The Kier molecular flexibility index (Phi) is 3.83. The zero-order valence-electron chi connectivity index (χ0n) is 8.06. The van der Waals surface area contributed by atoms with Crippen molar-refractivity contribution < 1.29 is 13.2 Å². The maximum Gasteiger partial charge on any atom is 0.232 e. The minimum absolute atomic E-state index is 0.0797. The normalized spacial score (nSPS) is 27.1. The molecule has 1 amide bonds. The first-order chi connectivity index (χ1) is 6.41. The van der Waals surface area contributed by atoms with Crippen LogP contribution in [-0.4, -0.2) is 37.6 Å². The molecule has 1 aliphatic rings. The van der Waals surface area contributed by atoms with Crippen molar-refractivity contribution in [3.05, 3.63) is 0 Å². The Morgan fingerprint density at radius 1 is 1.64 bits per heavy atom. The fourth-order valence-electron chi connectivity index (χ4n) is 1.43. The van der Waals surface area contributed by atoms with Crippen LogP contribution >= 0.6 is 12.6 Å². The molecule has 82 valence electrons. The van der Waals surface area contributed by atoms with Crippen LogP contribution in [0.1, 0.15) is 13.3 Å². The Morgan fingerprint density at radius 2 is 2.29 bits per heavy atom. The smallest absolute Gasteiger partial charge is 0.232 e. The molecule has 6 heteroatoms. The summed E-state index contributed by atoms with van der Waals surface area (Å²) in [5.74, 6) is 0.395. The Labute approximate surface area is 89.8 Å². The van der Waals surface area contributed by atoms with Crippen molar-refractivity contribution in [3.63, 3.8) is 0 Å². The average Bonchev–Trinajstić information content (AvgIpc) is 2.41. The molecule has 2 unspecified atom stereocenters. The topological polar surface area (TPSA) is 63.2 Å². The molecule has 0 aromatic carbocycles. The van der Waals surface area contributed by atoms with E-state index < -0.39 is 9.84 Å². The number of carbonyl (C=O) groups is 1. The van der Waals surface area contributed by atoms with E-state index in [0.29, 0.717) is 13.0 Å². The van der Waals surface area contributed by atoms with Crippen LogP contribution in [0.5, 0.6) is 0 Å². The van der Waals surface area contributed by atoms with E-state index in [0.717, 1.165) is 0 Å². The van der Waals surface area contributed by atoms with Crippen molar-refractivity contribution >= 4 is 28.4 Å². The fraction of sp³-hybridized carbons (Fsp3) is 0.875. The van der Waals surface area contributed by atoms with E-state index in [1.165, 1.54) is 0 Å². The molecule has 1 aliphatic heterocycles. The molecule has 1 saturated heterocycles. The lowest BCUT2D eigenvalue weighted by Crippen LogP contribution is -2.34. The molecular formula is C8H15NO3S2. The highest BCUT2D eigenvalue weighted by atomic mass is 32.2. The summed E-state index contributed by atoms with van der Waals surface area (Å²) in [6.45, 7) is 2.13. The number of rotatable bonds is 3. The number of nitrogens with one attached hydrogen (secondary N) is 1. The molecule has 0 radical (unpaired) electrons. The number of thiol groups is 1. The molecule has 4 nitrogen and oxygen atoms in total. The molecule has 0 spiro atoms. The van der Waals surface area contributed by atoms with Gasteiger partial charge in [-0.2, -0.15) is 12.6 Å². The Morgan fingerprint density at radius 3 is 2.71 bits per heavy atom. The van der Waals surface area contributed by atoms with Crippen LogP contribution in [0.25, 0.3) is 0 Å². The lowest BCUT2D eigenvalue weighted by molar-refractivity contribution is -0.120. The zero-order valence-corrected chi connectivity index (χ0v) is 9.77. The molecule has 1 rings (SSSR count). The van der Waals surface area contributed by atoms with Gasteiger partial charge in [-0.3, -0.25) is 4.79 Å². The van der Waals surface area contributed by atoms with Gasteiger partial charge in [0, 0.05) is 6.54 Å². The first-order valence-electron chi connectivity index (χ1n) is 4.57. The van der Waals surface area contributed by atoms with Crippen molar-refractivity contribution in [2.45, 2.75) is 18.6 Å². The molecule has 14 heavy (non-hydrogen) atoms. The maximum atomic E-state index is 11.1. The Balaban J connectivity index is 2.31. The summed E-state index contributed by atoms with van der Waals surface area (Å²) in [5.41, 5.74) is 0. The van der Waals surface area contributed by atoms with Crippen molar-refractivity contribution in [1.82, 2.24) is 5.32 Å². The summed E-state index contributed by atoms with van der Waals surface area (Å²) < 4.78 is 22.2. The molecule has 1 N–H and O–H groups in total. The largest absolute Gasteiger partial charge is 0.355 e. The van der Waals surface area contributed by atoms with E-state index in [-0.39, 0.29) is 28.6 Å². The molecule has 0 aromatic rings. The molecule has 1 heterocycles. The summed E-state index contributed by atoms with van der Waals surface area (Å²) in [6, 6.07) is 0. The van der Waals surface area contributed by atoms with Crippen LogP contribution in [-0.2, 0) is 14.6 Å². The number of hydrogen-bond acceptors (Lipinski definition) is 4. The van der Waals surface area contributed by atoms with E-state index >= 15 is 0 Å². The minimum Gasteiger partial charge on any atom is -0.355 e. The third kappa shape index (κ3) is 3.49. The summed E-state index contributed by atoms with van der Waals surface area (Å²) in [7, 11) is -2.83. The van der Waals surface area contributed by atoms with Gasteiger partial charge in [0.1, 0.15) is 0 Å². The number of hydrogen-bond donors (Lipinski definition) is 2. The quantitative estimate of drug-likeness (QED) is 0.671. The maximum absolute atomic E-state index is 11.1. The van der Waals surface area contributed by atoms with Gasteiger partial charge in [0.25, 0.3) is 0 Å². The summed E-state index contributed by atoms with van der Waals surface area (Å²) in [4.78, 5) is 11.1. The van der Waals surface area contributed by atoms with Crippen molar-refractivity contribution in [2.24, 2.45) is 5.92 Å². The van der Waals surface area contributed by atoms with Crippen LogP contribution in [0.15, 0.2) is 0 Å². The molecular weight excluding hydrogens is 222 g/mol. The van der Waals surface area contributed by atoms with E-state index in [2.05, 4.69) is 17.9 Å². The molecule has 0 aromatic heterocycles. The monoisotopic (exact) mass is 237 g/mol. The second-order valence-electron chi connectivity index (χ2n) is 3.69. The Bertz CT molecular complexity index is 311. The summed E-state index contributed by atoms with van der Waals surface area (Å²) in [6.07, 6.45) is 0.656. The predicted octanol–water partition coefficient (Wildman–Crippen LogP) is -0.144. The highest BCUT2D eigenvalue weighted by Gasteiger charge is 2.28.